The standard InChI is InChI=1S/C20H32N4O.2ClH/c1-17-7-8-24(19(13-17)14-21)20(25)16-23-11-9-22(10-12-23)15-18-5-3-2-4-6-18;;/h2-6,17,19H,7-16,21H2,1H3;2*1H. The van der Waals surface area contributed by atoms with E-state index in [-0.39, 0.29) is 36.8 Å². The highest BCUT2D eigenvalue weighted by Gasteiger charge is 2.30. The molecule has 2 aliphatic heterocycles. The number of hydrogen-bond donors (Lipinski definition) is 1. The minimum atomic E-state index is 0. The molecule has 0 radical (unpaired) electrons. The Labute approximate surface area is 176 Å². The van der Waals surface area contributed by atoms with Crippen molar-refractivity contribution in [3.05, 3.63) is 35.9 Å². The van der Waals surface area contributed by atoms with Crippen LogP contribution in [0.25, 0.3) is 0 Å². The Bertz CT molecular complexity index is 552. The summed E-state index contributed by atoms with van der Waals surface area (Å²) in [5, 5.41) is 0. The van der Waals surface area contributed by atoms with E-state index in [0.717, 1.165) is 52.1 Å². The van der Waals surface area contributed by atoms with E-state index in [1.54, 1.807) is 0 Å². The topological polar surface area (TPSA) is 52.8 Å². The molecular weight excluding hydrogens is 383 g/mol. The Hall–Kier alpha value is -0.850. The van der Waals surface area contributed by atoms with E-state index in [9.17, 15) is 4.79 Å². The average Bonchev–Trinajstić information content (AvgIpc) is 2.64. The van der Waals surface area contributed by atoms with Crippen molar-refractivity contribution < 1.29 is 4.79 Å². The Kier molecular flexibility index (Phi) is 10.6. The molecule has 2 atom stereocenters. The molecular formula is C20H34Cl2N4O. The molecule has 0 saturated carbocycles. The third-order valence-electron chi connectivity index (χ3n) is 5.64. The first-order chi connectivity index (χ1) is 12.2. The first-order valence-electron chi connectivity index (χ1n) is 9.64. The maximum absolute atomic E-state index is 12.7. The highest BCUT2D eigenvalue weighted by molar-refractivity contribution is 5.85. The molecule has 2 N–H and O–H groups in total. The SMILES string of the molecule is CC1CCN(C(=O)CN2CCN(Cc3ccccc3)CC2)C(CN)C1.Cl.Cl. The van der Waals surface area contributed by atoms with E-state index >= 15 is 0 Å². The molecule has 2 saturated heterocycles. The van der Waals surface area contributed by atoms with Gasteiger partial charge in [0.2, 0.25) is 5.91 Å². The molecule has 0 spiro atoms. The summed E-state index contributed by atoms with van der Waals surface area (Å²) in [5.74, 6) is 0.943. The number of piperazine rings is 1. The number of carbonyl (C=O) groups is 1. The van der Waals surface area contributed by atoms with Gasteiger partial charge in [-0.15, -0.1) is 24.8 Å². The fraction of sp³-hybridized carbons (Fsp3) is 0.650. The molecule has 2 unspecified atom stereocenters. The highest BCUT2D eigenvalue weighted by Crippen LogP contribution is 2.22. The van der Waals surface area contributed by atoms with E-state index in [1.807, 2.05) is 4.90 Å². The number of hydrogen-bond acceptors (Lipinski definition) is 4. The smallest absolute Gasteiger partial charge is 0.237 e. The number of rotatable bonds is 5. The zero-order valence-corrected chi connectivity index (χ0v) is 17.9. The molecule has 2 aliphatic rings. The predicted octanol–water partition coefficient (Wildman–Crippen LogP) is 2.23. The molecule has 1 aromatic rings. The van der Waals surface area contributed by atoms with Gasteiger partial charge in [0.05, 0.1) is 6.54 Å². The Morgan fingerprint density at radius 2 is 1.67 bits per heavy atom. The largest absolute Gasteiger partial charge is 0.337 e. The molecule has 5 nitrogen and oxygen atoms in total. The quantitative estimate of drug-likeness (QED) is 0.799. The Morgan fingerprint density at radius 1 is 1.04 bits per heavy atom. The van der Waals surface area contributed by atoms with E-state index < -0.39 is 0 Å². The zero-order chi connectivity index (χ0) is 17.6. The summed E-state index contributed by atoms with van der Waals surface area (Å²) in [4.78, 5) is 19.5. The van der Waals surface area contributed by atoms with Gasteiger partial charge in [-0.25, -0.2) is 0 Å². The fourth-order valence-electron chi connectivity index (χ4n) is 4.03. The van der Waals surface area contributed by atoms with Gasteiger partial charge >= 0.3 is 0 Å². The zero-order valence-electron chi connectivity index (χ0n) is 16.3. The summed E-state index contributed by atoms with van der Waals surface area (Å²) < 4.78 is 0. The molecule has 2 heterocycles. The molecule has 0 aromatic heterocycles. The maximum atomic E-state index is 12.7. The van der Waals surface area contributed by atoms with Crippen molar-refractivity contribution in [2.75, 3.05) is 45.8 Å². The Balaban J connectivity index is 0.00000182. The predicted molar refractivity (Wildman–Crippen MR) is 116 cm³/mol. The summed E-state index contributed by atoms with van der Waals surface area (Å²) in [7, 11) is 0. The number of nitrogens with two attached hydrogens (primary N) is 1. The lowest BCUT2D eigenvalue weighted by Crippen LogP contribution is -2.54. The van der Waals surface area contributed by atoms with Crippen LogP contribution in [0.15, 0.2) is 30.3 Å². The van der Waals surface area contributed by atoms with Crippen LogP contribution in [-0.4, -0.2) is 72.5 Å². The van der Waals surface area contributed by atoms with Crippen LogP contribution in [-0.2, 0) is 11.3 Å². The van der Waals surface area contributed by atoms with E-state index in [4.69, 9.17) is 5.73 Å². The average molecular weight is 417 g/mol. The Morgan fingerprint density at radius 3 is 2.30 bits per heavy atom. The van der Waals surface area contributed by atoms with E-state index in [2.05, 4.69) is 47.1 Å². The van der Waals surface area contributed by atoms with Gasteiger partial charge in [-0.05, 0) is 24.3 Å². The lowest BCUT2D eigenvalue weighted by molar-refractivity contribution is -0.137. The number of carbonyl (C=O) groups excluding carboxylic acids is 1. The first kappa shape index (κ1) is 24.2. The number of benzene rings is 1. The van der Waals surface area contributed by atoms with Crippen LogP contribution in [0.3, 0.4) is 0 Å². The summed E-state index contributed by atoms with van der Waals surface area (Å²) in [6, 6.07) is 10.8. The van der Waals surface area contributed by atoms with Crippen LogP contribution in [0.5, 0.6) is 0 Å². The maximum Gasteiger partial charge on any atom is 0.237 e. The van der Waals surface area contributed by atoms with Crippen molar-refractivity contribution in [1.29, 1.82) is 0 Å². The van der Waals surface area contributed by atoms with Crippen LogP contribution in [0, 0.1) is 5.92 Å². The summed E-state index contributed by atoms with van der Waals surface area (Å²) in [5.41, 5.74) is 7.27. The van der Waals surface area contributed by atoms with Crippen molar-refractivity contribution in [2.24, 2.45) is 11.7 Å². The second-order valence-electron chi connectivity index (χ2n) is 7.64. The molecule has 154 valence electrons. The van der Waals surface area contributed by atoms with Crippen LogP contribution in [0.4, 0.5) is 0 Å². The van der Waals surface area contributed by atoms with Crippen molar-refractivity contribution >= 4 is 30.7 Å². The van der Waals surface area contributed by atoms with E-state index in [1.165, 1.54) is 5.56 Å². The van der Waals surface area contributed by atoms with E-state index in [0.29, 0.717) is 19.0 Å². The second-order valence-corrected chi connectivity index (χ2v) is 7.64. The van der Waals surface area contributed by atoms with Crippen LogP contribution in [0.2, 0.25) is 0 Å². The van der Waals surface area contributed by atoms with Gasteiger partial charge in [0.25, 0.3) is 0 Å². The van der Waals surface area contributed by atoms with Gasteiger partial charge in [-0.3, -0.25) is 14.6 Å². The number of nitrogens with zero attached hydrogens (tertiary/aromatic N) is 3. The third-order valence-corrected chi connectivity index (χ3v) is 5.64. The number of amides is 1. The van der Waals surface area contributed by atoms with Crippen molar-refractivity contribution in [2.45, 2.75) is 32.4 Å². The van der Waals surface area contributed by atoms with Gasteiger partial charge in [-0.2, -0.15) is 0 Å². The monoisotopic (exact) mass is 416 g/mol. The lowest BCUT2D eigenvalue weighted by atomic mass is 9.92. The van der Waals surface area contributed by atoms with Crippen molar-refractivity contribution in [1.82, 2.24) is 14.7 Å². The minimum absolute atomic E-state index is 0. The van der Waals surface area contributed by atoms with Crippen molar-refractivity contribution in [3.63, 3.8) is 0 Å². The number of halogens is 2. The molecule has 0 bridgehead atoms. The summed E-state index contributed by atoms with van der Waals surface area (Å²) >= 11 is 0. The third kappa shape index (κ3) is 6.91. The molecule has 7 heteroatoms. The van der Waals surface area contributed by atoms with Gasteiger partial charge in [-0.1, -0.05) is 37.3 Å². The molecule has 0 aliphatic carbocycles. The summed E-state index contributed by atoms with van der Waals surface area (Å²) in [6.07, 6.45) is 2.15. The second kappa shape index (κ2) is 11.9. The molecule has 3 rings (SSSR count). The number of piperidine rings is 1. The van der Waals surface area contributed by atoms with Gasteiger partial charge in [0, 0.05) is 51.9 Å². The van der Waals surface area contributed by atoms with Gasteiger partial charge in [0.1, 0.15) is 0 Å². The van der Waals surface area contributed by atoms with Crippen LogP contribution < -0.4 is 5.73 Å². The lowest BCUT2D eigenvalue weighted by Gasteiger charge is -2.40. The van der Waals surface area contributed by atoms with Crippen LogP contribution in [0.1, 0.15) is 25.3 Å². The fourth-order valence-corrected chi connectivity index (χ4v) is 4.03. The first-order valence-corrected chi connectivity index (χ1v) is 9.64. The molecule has 2 fully saturated rings. The molecule has 1 amide bonds. The van der Waals surface area contributed by atoms with Crippen molar-refractivity contribution in [3.8, 4) is 0 Å². The highest BCUT2D eigenvalue weighted by atomic mass is 35.5. The van der Waals surface area contributed by atoms with Gasteiger partial charge < -0.3 is 10.6 Å². The number of likely N-dealkylation sites (tertiary alicyclic amines) is 1. The van der Waals surface area contributed by atoms with Gasteiger partial charge in [0.15, 0.2) is 0 Å². The molecule has 1 aromatic carbocycles. The normalized spacial score (nSPS) is 24.0. The molecule has 27 heavy (non-hydrogen) atoms. The minimum Gasteiger partial charge on any atom is -0.337 e. The summed E-state index contributed by atoms with van der Waals surface area (Å²) in [6.45, 7) is 9.25. The van der Waals surface area contributed by atoms with Crippen LogP contribution >= 0.6 is 24.8 Å².